The molecule has 0 N–H and O–H groups in total. The molecule has 0 radical (unpaired) electrons. The number of ether oxygens (including phenoxy) is 2. The highest BCUT2D eigenvalue weighted by Crippen LogP contribution is 2.13. The number of nitrogens with zero attached hydrogens (tertiary/aromatic N) is 1. The van der Waals surface area contributed by atoms with E-state index in [0.29, 0.717) is 26.1 Å². The molecular weight excluding hydrogens is 306 g/mol. The van der Waals surface area contributed by atoms with Gasteiger partial charge in [0.1, 0.15) is 12.2 Å². The topological polar surface area (TPSA) is 55.8 Å². The first-order valence-electron chi connectivity index (χ1n) is 8.56. The summed E-state index contributed by atoms with van der Waals surface area (Å²) in [5, 5.41) is 0. The molecule has 0 aromatic heterocycles. The van der Waals surface area contributed by atoms with Crippen LogP contribution < -0.4 is 0 Å². The zero-order chi connectivity index (χ0) is 17.8. The predicted octanol–water partition coefficient (Wildman–Crippen LogP) is 2.61. The molecule has 0 fully saturated rings. The molecule has 1 aromatic carbocycles. The number of hydrogen-bond donors (Lipinski definition) is 0. The van der Waals surface area contributed by atoms with Crippen LogP contribution in [0.4, 0.5) is 0 Å². The Hall–Kier alpha value is -1.72. The Labute approximate surface area is 144 Å². The van der Waals surface area contributed by atoms with Gasteiger partial charge in [-0.2, -0.15) is 0 Å². The minimum atomic E-state index is -0.479. The lowest BCUT2D eigenvalue weighted by molar-refractivity contribution is -0.143. The molecule has 0 amide bonds. The van der Waals surface area contributed by atoms with E-state index in [2.05, 4.69) is 23.5 Å². The standard InChI is InChI=1S/C19H29NO4/c1-4-20(5-2)12-13-24-15-17-9-7-6-8-16(17)10-11-18(21)14-19(22)23-3/h6-9H,4-5,10-15H2,1-3H3. The molecule has 0 unspecified atom stereocenters. The molecule has 5 heteroatoms. The Bertz CT molecular complexity index is 512. The van der Waals surface area contributed by atoms with Crippen molar-refractivity contribution in [3.8, 4) is 0 Å². The van der Waals surface area contributed by atoms with Gasteiger partial charge in [-0.15, -0.1) is 0 Å². The molecule has 0 bridgehead atoms. The predicted molar refractivity (Wildman–Crippen MR) is 93.8 cm³/mol. The van der Waals surface area contributed by atoms with Crippen molar-refractivity contribution < 1.29 is 19.1 Å². The van der Waals surface area contributed by atoms with Crippen LogP contribution in [0.3, 0.4) is 0 Å². The fourth-order valence-electron chi connectivity index (χ4n) is 2.45. The summed E-state index contributed by atoms with van der Waals surface area (Å²) >= 11 is 0. The smallest absolute Gasteiger partial charge is 0.313 e. The Kier molecular flexibility index (Phi) is 9.96. The van der Waals surface area contributed by atoms with Crippen LogP contribution in [-0.4, -0.2) is 50.0 Å². The number of carbonyl (C=O) groups excluding carboxylic acids is 2. The molecular formula is C19H29NO4. The SMILES string of the molecule is CCN(CC)CCOCc1ccccc1CCC(=O)CC(=O)OC. The first kappa shape index (κ1) is 20.3. The van der Waals surface area contributed by atoms with E-state index in [1.165, 1.54) is 7.11 Å². The summed E-state index contributed by atoms with van der Waals surface area (Å²) in [5.74, 6) is -0.577. The second-order valence-corrected chi connectivity index (χ2v) is 5.64. The molecule has 5 nitrogen and oxygen atoms in total. The van der Waals surface area contributed by atoms with Gasteiger partial charge in [0.05, 0.1) is 20.3 Å². The van der Waals surface area contributed by atoms with E-state index in [9.17, 15) is 9.59 Å². The lowest BCUT2D eigenvalue weighted by atomic mass is 10.0. The highest BCUT2D eigenvalue weighted by atomic mass is 16.5. The van der Waals surface area contributed by atoms with Gasteiger partial charge in [0.2, 0.25) is 0 Å². The summed E-state index contributed by atoms with van der Waals surface area (Å²) < 4.78 is 10.3. The monoisotopic (exact) mass is 335 g/mol. The van der Waals surface area contributed by atoms with Crippen LogP contribution in [0, 0.1) is 0 Å². The maximum atomic E-state index is 11.8. The Balaban J connectivity index is 2.44. The van der Waals surface area contributed by atoms with Crippen LogP contribution >= 0.6 is 0 Å². The fourth-order valence-corrected chi connectivity index (χ4v) is 2.45. The lowest BCUT2D eigenvalue weighted by Gasteiger charge is -2.18. The highest BCUT2D eigenvalue weighted by molar-refractivity contribution is 5.95. The zero-order valence-electron chi connectivity index (χ0n) is 15.0. The normalized spacial score (nSPS) is 10.8. The van der Waals surface area contributed by atoms with Crippen molar-refractivity contribution in [3.05, 3.63) is 35.4 Å². The van der Waals surface area contributed by atoms with E-state index in [-0.39, 0.29) is 12.2 Å². The van der Waals surface area contributed by atoms with Gasteiger partial charge in [-0.25, -0.2) is 0 Å². The third kappa shape index (κ3) is 7.70. The Morgan fingerprint density at radius 2 is 1.75 bits per heavy atom. The first-order valence-corrected chi connectivity index (χ1v) is 8.56. The van der Waals surface area contributed by atoms with E-state index in [0.717, 1.165) is 30.8 Å². The lowest BCUT2D eigenvalue weighted by Crippen LogP contribution is -2.27. The maximum Gasteiger partial charge on any atom is 0.313 e. The quantitative estimate of drug-likeness (QED) is 0.334. The third-order valence-electron chi connectivity index (χ3n) is 4.06. The molecule has 0 heterocycles. The number of benzene rings is 1. The van der Waals surface area contributed by atoms with Gasteiger partial charge in [-0.3, -0.25) is 9.59 Å². The summed E-state index contributed by atoms with van der Waals surface area (Å²) in [6.07, 6.45) is 0.802. The summed E-state index contributed by atoms with van der Waals surface area (Å²) in [6, 6.07) is 7.97. The molecule has 24 heavy (non-hydrogen) atoms. The summed E-state index contributed by atoms with van der Waals surface area (Å²) in [6.45, 7) is 8.50. The summed E-state index contributed by atoms with van der Waals surface area (Å²) in [4.78, 5) is 25.2. The number of likely N-dealkylation sites (N-methyl/N-ethyl adjacent to an activating group) is 1. The van der Waals surface area contributed by atoms with Gasteiger partial charge in [0.15, 0.2) is 0 Å². The van der Waals surface area contributed by atoms with Crippen LogP contribution in [0.15, 0.2) is 24.3 Å². The average Bonchev–Trinajstić information content (AvgIpc) is 2.60. The molecule has 1 aromatic rings. The van der Waals surface area contributed by atoms with Crippen molar-refractivity contribution in [2.24, 2.45) is 0 Å². The summed E-state index contributed by atoms with van der Waals surface area (Å²) in [7, 11) is 1.29. The highest BCUT2D eigenvalue weighted by Gasteiger charge is 2.11. The van der Waals surface area contributed by atoms with E-state index in [1.807, 2.05) is 24.3 Å². The van der Waals surface area contributed by atoms with Crippen molar-refractivity contribution in [3.63, 3.8) is 0 Å². The largest absolute Gasteiger partial charge is 0.469 e. The number of Topliss-reactive ketones (excluding diaryl/α,β-unsaturated/α-hetero) is 1. The Morgan fingerprint density at radius 1 is 1.08 bits per heavy atom. The van der Waals surface area contributed by atoms with Crippen LogP contribution in [0.2, 0.25) is 0 Å². The van der Waals surface area contributed by atoms with Crippen molar-refractivity contribution >= 4 is 11.8 Å². The number of esters is 1. The van der Waals surface area contributed by atoms with Gasteiger partial charge in [-0.05, 0) is 30.6 Å². The molecule has 0 saturated heterocycles. The van der Waals surface area contributed by atoms with E-state index in [4.69, 9.17) is 4.74 Å². The second kappa shape index (κ2) is 11.8. The van der Waals surface area contributed by atoms with Gasteiger partial charge < -0.3 is 14.4 Å². The third-order valence-corrected chi connectivity index (χ3v) is 4.06. The number of ketones is 1. The molecule has 0 aliphatic rings. The van der Waals surface area contributed by atoms with Crippen LogP contribution in [0.25, 0.3) is 0 Å². The molecule has 0 saturated carbocycles. The molecule has 0 spiro atoms. The van der Waals surface area contributed by atoms with Crippen molar-refractivity contribution in [2.45, 2.75) is 39.7 Å². The van der Waals surface area contributed by atoms with Gasteiger partial charge in [-0.1, -0.05) is 38.1 Å². The van der Waals surface area contributed by atoms with E-state index < -0.39 is 5.97 Å². The second-order valence-electron chi connectivity index (χ2n) is 5.64. The zero-order valence-corrected chi connectivity index (χ0v) is 15.0. The van der Waals surface area contributed by atoms with E-state index in [1.54, 1.807) is 0 Å². The van der Waals surface area contributed by atoms with Crippen LogP contribution in [-0.2, 0) is 32.1 Å². The van der Waals surface area contributed by atoms with Crippen molar-refractivity contribution in [2.75, 3.05) is 33.4 Å². The van der Waals surface area contributed by atoms with Crippen LogP contribution in [0.5, 0.6) is 0 Å². The van der Waals surface area contributed by atoms with Gasteiger partial charge in [0, 0.05) is 13.0 Å². The number of hydrogen-bond acceptors (Lipinski definition) is 5. The number of aryl methyl sites for hydroxylation is 1. The Morgan fingerprint density at radius 3 is 2.38 bits per heavy atom. The number of rotatable bonds is 12. The molecule has 0 aliphatic heterocycles. The minimum Gasteiger partial charge on any atom is -0.469 e. The van der Waals surface area contributed by atoms with Crippen LogP contribution in [0.1, 0.15) is 37.8 Å². The minimum absolute atomic E-state index is 0.0981. The molecule has 134 valence electrons. The van der Waals surface area contributed by atoms with Gasteiger partial charge in [0.25, 0.3) is 0 Å². The molecule has 1 rings (SSSR count). The summed E-state index contributed by atoms with van der Waals surface area (Å²) in [5.41, 5.74) is 2.20. The van der Waals surface area contributed by atoms with E-state index >= 15 is 0 Å². The molecule has 0 aliphatic carbocycles. The van der Waals surface area contributed by atoms with Gasteiger partial charge >= 0.3 is 5.97 Å². The van der Waals surface area contributed by atoms with Crippen molar-refractivity contribution in [1.29, 1.82) is 0 Å². The van der Waals surface area contributed by atoms with Crippen molar-refractivity contribution in [1.82, 2.24) is 4.90 Å². The fraction of sp³-hybridized carbons (Fsp3) is 0.579. The number of methoxy groups -OCH3 is 1. The first-order chi connectivity index (χ1) is 11.6. The maximum absolute atomic E-state index is 11.8. The number of carbonyl (C=O) groups is 2. The molecule has 0 atom stereocenters. The average molecular weight is 335 g/mol.